The Bertz CT molecular complexity index is 594. The van der Waals surface area contributed by atoms with Crippen LogP contribution in [0.4, 0.5) is 0 Å². The van der Waals surface area contributed by atoms with E-state index in [0.717, 1.165) is 0 Å². The molecule has 1 aromatic rings. The number of rotatable bonds is 2. The highest BCUT2D eigenvalue weighted by molar-refractivity contribution is 5.91. The average molecular weight is 287 g/mol. The minimum Gasteiger partial charge on any atom is -0.452 e. The van der Waals surface area contributed by atoms with Crippen molar-refractivity contribution >= 4 is 11.9 Å². The Hall–Kier alpha value is -2.14. The zero-order valence-corrected chi connectivity index (χ0v) is 12.0. The van der Waals surface area contributed by atoms with Crippen LogP contribution in [0.15, 0.2) is 42.5 Å². The Morgan fingerprint density at radius 2 is 2.05 bits per heavy atom. The SMILES string of the molecule is CC1(C)OC[C@H]2[C@H](OC(=O)c3ccccc3)C=CC(=O)N21. The minimum absolute atomic E-state index is 0.116. The van der Waals surface area contributed by atoms with E-state index in [2.05, 4.69) is 0 Å². The molecule has 0 radical (unpaired) electrons. The highest BCUT2D eigenvalue weighted by atomic mass is 16.6. The van der Waals surface area contributed by atoms with Gasteiger partial charge in [0.1, 0.15) is 11.8 Å². The van der Waals surface area contributed by atoms with Crippen LogP contribution in [-0.2, 0) is 14.3 Å². The van der Waals surface area contributed by atoms with E-state index >= 15 is 0 Å². The number of hydrogen-bond donors (Lipinski definition) is 0. The standard InChI is InChI=1S/C16H17NO4/c1-16(2)17-12(10-20-16)13(8-9-14(17)18)21-15(19)11-6-4-3-5-7-11/h3-9,12-13H,10H2,1-2H3/t12-,13+/m0/s1. The van der Waals surface area contributed by atoms with Crippen molar-refractivity contribution in [1.29, 1.82) is 0 Å². The average Bonchev–Trinajstić information content (AvgIpc) is 2.80. The monoisotopic (exact) mass is 287 g/mol. The molecule has 2 atom stereocenters. The molecule has 110 valence electrons. The van der Waals surface area contributed by atoms with Crippen molar-refractivity contribution < 1.29 is 19.1 Å². The van der Waals surface area contributed by atoms with Crippen molar-refractivity contribution in [1.82, 2.24) is 4.90 Å². The fourth-order valence-corrected chi connectivity index (χ4v) is 2.77. The maximum Gasteiger partial charge on any atom is 0.338 e. The van der Waals surface area contributed by atoms with Crippen LogP contribution in [0.1, 0.15) is 24.2 Å². The fraction of sp³-hybridized carbons (Fsp3) is 0.375. The predicted molar refractivity (Wildman–Crippen MR) is 75.5 cm³/mol. The zero-order valence-electron chi connectivity index (χ0n) is 12.0. The van der Waals surface area contributed by atoms with Gasteiger partial charge in [0.2, 0.25) is 5.91 Å². The molecule has 0 N–H and O–H groups in total. The van der Waals surface area contributed by atoms with Crippen LogP contribution in [0.5, 0.6) is 0 Å². The van der Waals surface area contributed by atoms with Gasteiger partial charge in [0.05, 0.1) is 18.2 Å². The summed E-state index contributed by atoms with van der Waals surface area (Å²) < 4.78 is 11.2. The summed E-state index contributed by atoms with van der Waals surface area (Å²) in [6.07, 6.45) is 2.59. The first-order chi connectivity index (χ1) is 9.99. The molecule has 1 aromatic carbocycles. The number of hydrogen-bond acceptors (Lipinski definition) is 4. The Morgan fingerprint density at radius 1 is 1.33 bits per heavy atom. The van der Waals surface area contributed by atoms with E-state index in [4.69, 9.17) is 9.47 Å². The Labute approximate surface area is 123 Å². The van der Waals surface area contributed by atoms with Gasteiger partial charge in [0, 0.05) is 6.08 Å². The summed E-state index contributed by atoms with van der Waals surface area (Å²) in [5.41, 5.74) is -0.184. The van der Waals surface area contributed by atoms with Gasteiger partial charge in [-0.25, -0.2) is 4.79 Å². The molecule has 0 unspecified atom stereocenters. The van der Waals surface area contributed by atoms with Crippen LogP contribution in [0.2, 0.25) is 0 Å². The van der Waals surface area contributed by atoms with E-state index in [9.17, 15) is 9.59 Å². The third-order valence-corrected chi connectivity index (χ3v) is 3.82. The number of benzene rings is 1. The minimum atomic E-state index is -0.677. The third-order valence-electron chi connectivity index (χ3n) is 3.82. The molecule has 2 heterocycles. The van der Waals surface area contributed by atoms with Gasteiger partial charge in [0.15, 0.2) is 0 Å². The van der Waals surface area contributed by atoms with Gasteiger partial charge >= 0.3 is 5.97 Å². The van der Waals surface area contributed by atoms with Gasteiger partial charge < -0.3 is 14.4 Å². The lowest BCUT2D eigenvalue weighted by Crippen LogP contribution is -2.54. The summed E-state index contributed by atoms with van der Waals surface area (Å²) in [4.78, 5) is 25.8. The van der Waals surface area contributed by atoms with Crippen LogP contribution in [0.3, 0.4) is 0 Å². The highest BCUT2D eigenvalue weighted by Crippen LogP contribution is 2.33. The Kier molecular flexibility index (Phi) is 3.29. The van der Waals surface area contributed by atoms with Crippen LogP contribution in [0, 0.1) is 0 Å². The number of carbonyl (C=O) groups excluding carboxylic acids is 2. The van der Waals surface area contributed by atoms with E-state index in [1.165, 1.54) is 6.08 Å². The molecule has 0 aromatic heterocycles. The first-order valence-corrected chi connectivity index (χ1v) is 6.90. The van der Waals surface area contributed by atoms with Crippen LogP contribution >= 0.6 is 0 Å². The van der Waals surface area contributed by atoms with Crippen molar-refractivity contribution in [3.8, 4) is 0 Å². The summed E-state index contributed by atoms with van der Waals surface area (Å²) >= 11 is 0. The fourth-order valence-electron chi connectivity index (χ4n) is 2.77. The number of nitrogens with zero attached hydrogens (tertiary/aromatic N) is 1. The lowest BCUT2D eigenvalue weighted by Gasteiger charge is -2.37. The van der Waals surface area contributed by atoms with Crippen LogP contribution in [0.25, 0.3) is 0 Å². The second-order valence-corrected chi connectivity index (χ2v) is 5.63. The maximum atomic E-state index is 12.1. The zero-order chi connectivity index (χ0) is 15.0. The van der Waals surface area contributed by atoms with Crippen LogP contribution < -0.4 is 0 Å². The Balaban J connectivity index is 1.79. The van der Waals surface area contributed by atoms with Gasteiger partial charge in [-0.05, 0) is 32.1 Å². The normalized spacial score (nSPS) is 26.6. The lowest BCUT2D eigenvalue weighted by atomic mass is 10.0. The maximum absolute atomic E-state index is 12.1. The molecule has 1 saturated heterocycles. The van der Waals surface area contributed by atoms with Crippen molar-refractivity contribution in [3.05, 3.63) is 48.0 Å². The molecule has 1 fully saturated rings. The van der Waals surface area contributed by atoms with Crippen molar-refractivity contribution in [2.24, 2.45) is 0 Å². The summed E-state index contributed by atoms with van der Waals surface area (Å²) in [6.45, 7) is 4.02. The third kappa shape index (κ3) is 2.45. The van der Waals surface area contributed by atoms with Gasteiger partial charge in [-0.2, -0.15) is 0 Å². The molecule has 21 heavy (non-hydrogen) atoms. The van der Waals surface area contributed by atoms with Gasteiger partial charge in [-0.15, -0.1) is 0 Å². The number of fused-ring (bicyclic) bond motifs is 1. The van der Waals surface area contributed by atoms with E-state index in [-0.39, 0.29) is 11.9 Å². The summed E-state index contributed by atoms with van der Waals surface area (Å²) in [6, 6.07) is 8.53. The topological polar surface area (TPSA) is 55.8 Å². The van der Waals surface area contributed by atoms with E-state index < -0.39 is 17.8 Å². The number of amides is 1. The van der Waals surface area contributed by atoms with Gasteiger partial charge in [-0.3, -0.25) is 4.79 Å². The largest absolute Gasteiger partial charge is 0.452 e. The number of esters is 1. The second-order valence-electron chi connectivity index (χ2n) is 5.63. The number of carbonyl (C=O) groups is 2. The second kappa shape index (κ2) is 5.00. The summed E-state index contributed by atoms with van der Waals surface area (Å²) in [5, 5.41) is 0. The molecule has 5 heteroatoms. The molecule has 0 aliphatic carbocycles. The smallest absolute Gasteiger partial charge is 0.338 e. The first kappa shape index (κ1) is 13.8. The molecule has 1 amide bonds. The molecule has 5 nitrogen and oxygen atoms in total. The molecular weight excluding hydrogens is 270 g/mol. The van der Waals surface area contributed by atoms with E-state index in [0.29, 0.717) is 12.2 Å². The van der Waals surface area contributed by atoms with E-state index in [1.54, 1.807) is 35.2 Å². The first-order valence-electron chi connectivity index (χ1n) is 6.90. The molecular formula is C16H17NO4. The predicted octanol–water partition coefficient (Wildman–Crippen LogP) is 1.75. The molecule has 0 bridgehead atoms. The van der Waals surface area contributed by atoms with Crippen molar-refractivity contribution in [2.75, 3.05) is 6.61 Å². The van der Waals surface area contributed by atoms with Crippen molar-refractivity contribution in [3.63, 3.8) is 0 Å². The van der Waals surface area contributed by atoms with Crippen LogP contribution in [-0.4, -0.2) is 41.3 Å². The summed E-state index contributed by atoms with van der Waals surface area (Å²) in [5.74, 6) is -0.515. The van der Waals surface area contributed by atoms with Gasteiger partial charge in [-0.1, -0.05) is 18.2 Å². The van der Waals surface area contributed by atoms with Gasteiger partial charge in [0.25, 0.3) is 0 Å². The quantitative estimate of drug-likeness (QED) is 0.778. The van der Waals surface area contributed by atoms with Crippen molar-refractivity contribution in [2.45, 2.75) is 31.7 Å². The van der Waals surface area contributed by atoms with E-state index in [1.807, 2.05) is 19.9 Å². The number of ether oxygens (including phenoxy) is 2. The molecule has 2 aliphatic rings. The molecule has 2 aliphatic heterocycles. The Morgan fingerprint density at radius 3 is 2.76 bits per heavy atom. The molecule has 0 saturated carbocycles. The molecule has 0 spiro atoms. The summed E-state index contributed by atoms with van der Waals surface area (Å²) in [7, 11) is 0. The highest BCUT2D eigenvalue weighted by Gasteiger charge is 2.48. The lowest BCUT2D eigenvalue weighted by molar-refractivity contribution is -0.143. The molecule has 3 rings (SSSR count).